The van der Waals surface area contributed by atoms with Gasteiger partial charge in [-0.05, 0) is 27.2 Å². The van der Waals surface area contributed by atoms with Crippen LogP contribution in [0.1, 0.15) is 47.5 Å². The first-order chi connectivity index (χ1) is 11.5. The van der Waals surface area contributed by atoms with Gasteiger partial charge in [0.25, 0.3) is 0 Å². The molecule has 1 atom stereocenters. The molecular weight excluding hydrogens is 467 g/mol. The van der Waals surface area contributed by atoms with Crippen LogP contribution in [0, 0.1) is 5.41 Å². The zero-order chi connectivity index (χ0) is 18.9. The van der Waals surface area contributed by atoms with Crippen molar-refractivity contribution < 1.29 is 13.2 Å². The van der Waals surface area contributed by atoms with E-state index in [-0.39, 0.29) is 64.8 Å². The first kappa shape index (κ1) is 23.5. The second-order valence-electron chi connectivity index (χ2n) is 8.18. The monoisotopic (exact) mass is 500 g/mol. The summed E-state index contributed by atoms with van der Waals surface area (Å²) in [6.07, 6.45) is 0.778. The first-order valence-corrected chi connectivity index (χ1v) is 10.9. The van der Waals surface area contributed by atoms with E-state index in [2.05, 4.69) is 48.2 Å². The van der Waals surface area contributed by atoms with Crippen molar-refractivity contribution >= 4 is 45.7 Å². The molecule has 2 rings (SSSR count). The molecule has 152 valence electrons. The van der Waals surface area contributed by atoms with Gasteiger partial charge in [0.1, 0.15) is 0 Å². The van der Waals surface area contributed by atoms with Crippen LogP contribution in [-0.2, 0) is 14.6 Å². The number of nitrogens with one attached hydrogen (secondary N) is 2. The molecule has 0 aromatic rings. The van der Waals surface area contributed by atoms with E-state index in [1.165, 1.54) is 0 Å². The van der Waals surface area contributed by atoms with E-state index in [1.807, 2.05) is 6.92 Å². The molecule has 9 heteroatoms. The van der Waals surface area contributed by atoms with Crippen molar-refractivity contribution in [3.8, 4) is 0 Å². The van der Waals surface area contributed by atoms with Crippen LogP contribution >= 0.6 is 24.0 Å². The fourth-order valence-electron chi connectivity index (χ4n) is 3.27. The summed E-state index contributed by atoms with van der Waals surface area (Å²) >= 11 is 0. The van der Waals surface area contributed by atoms with E-state index >= 15 is 0 Å². The highest BCUT2D eigenvalue weighted by Crippen LogP contribution is 2.46. The van der Waals surface area contributed by atoms with Crippen LogP contribution in [0.4, 0.5) is 0 Å². The van der Waals surface area contributed by atoms with Crippen molar-refractivity contribution in [2.45, 2.75) is 59.0 Å². The van der Waals surface area contributed by atoms with Gasteiger partial charge < -0.3 is 15.5 Å². The molecule has 0 aromatic carbocycles. The number of sulfone groups is 1. The van der Waals surface area contributed by atoms with E-state index in [0.29, 0.717) is 13.0 Å². The van der Waals surface area contributed by atoms with Gasteiger partial charge in [-0.15, -0.1) is 24.0 Å². The summed E-state index contributed by atoms with van der Waals surface area (Å²) in [7, 11) is -2.97. The van der Waals surface area contributed by atoms with Crippen molar-refractivity contribution in [1.29, 1.82) is 0 Å². The van der Waals surface area contributed by atoms with E-state index in [4.69, 9.17) is 0 Å². The molecular formula is C17H33IN4O3S. The Morgan fingerprint density at radius 2 is 1.92 bits per heavy atom. The molecule has 2 aliphatic heterocycles. The summed E-state index contributed by atoms with van der Waals surface area (Å²) in [6.45, 7) is 13.0. The highest BCUT2D eigenvalue weighted by atomic mass is 127. The summed E-state index contributed by atoms with van der Waals surface area (Å²) in [4.78, 5) is 18.9. The lowest BCUT2D eigenvalue weighted by Gasteiger charge is -2.62. The van der Waals surface area contributed by atoms with Crippen LogP contribution in [0.25, 0.3) is 0 Å². The van der Waals surface area contributed by atoms with Gasteiger partial charge in [0.15, 0.2) is 15.8 Å². The summed E-state index contributed by atoms with van der Waals surface area (Å²) in [5, 5.41) is 6.11. The number of rotatable bonds is 5. The Morgan fingerprint density at radius 3 is 2.38 bits per heavy atom. The van der Waals surface area contributed by atoms with E-state index in [1.54, 1.807) is 0 Å². The largest absolute Gasteiger partial charge is 0.356 e. The van der Waals surface area contributed by atoms with Crippen LogP contribution < -0.4 is 10.6 Å². The second-order valence-corrected chi connectivity index (χ2v) is 10.4. The molecule has 0 radical (unpaired) electrons. The van der Waals surface area contributed by atoms with E-state index in [9.17, 15) is 13.2 Å². The van der Waals surface area contributed by atoms with E-state index < -0.39 is 9.84 Å². The summed E-state index contributed by atoms with van der Waals surface area (Å²) in [5.74, 6) is 0.926. The maximum absolute atomic E-state index is 12.0. The van der Waals surface area contributed by atoms with Crippen molar-refractivity contribution in [3.05, 3.63) is 0 Å². The fraction of sp³-hybridized carbons (Fsp3) is 0.882. The Labute approximate surface area is 174 Å². The quantitative estimate of drug-likeness (QED) is 0.338. The number of halogens is 1. The molecule has 2 aliphatic rings. The third-order valence-electron chi connectivity index (χ3n) is 5.67. The molecule has 0 saturated carbocycles. The number of carbonyl (C=O) groups excluding carboxylic acids is 1. The molecule has 2 fully saturated rings. The minimum absolute atomic E-state index is 0. The smallest absolute Gasteiger partial charge is 0.222 e. The van der Waals surface area contributed by atoms with Gasteiger partial charge >= 0.3 is 0 Å². The number of likely N-dealkylation sites (tertiary alicyclic amines) is 1. The standard InChI is InChI=1S/C17H32N4O3S.HI/c1-6-18-15(21-12-16(2,3)17(21,4)5)19-9-7-14(22)20-13-8-10-25(23,24)11-13;/h13H,6-12H2,1-5H3,(H,18,19)(H,20,22);1H. The Balaban J connectivity index is 0.00000338. The van der Waals surface area contributed by atoms with Crippen LogP contribution in [0.3, 0.4) is 0 Å². The maximum Gasteiger partial charge on any atom is 0.222 e. The Kier molecular flexibility index (Phi) is 7.78. The van der Waals surface area contributed by atoms with Crippen molar-refractivity contribution in [3.63, 3.8) is 0 Å². The molecule has 26 heavy (non-hydrogen) atoms. The number of amides is 1. The van der Waals surface area contributed by atoms with Gasteiger partial charge in [0.05, 0.1) is 18.1 Å². The highest BCUT2D eigenvalue weighted by molar-refractivity contribution is 14.0. The third kappa shape index (κ3) is 5.24. The van der Waals surface area contributed by atoms with Crippen LogP contribution in [0.5, 0.6) is 0 Å². The number of hydrogen-bond acceptors (Lipinski definition) is 4. The lowest BCUT2D eigenvalue weighted by molar-refractivity contribution is -0.121. The molecule has 2 saturated heterocycles. The molecule has 0 bridgehead atoms. The predicted molar refractivity (Wildman–Crippen MR) is 116 cm³/mol. The molecule has 1 unspecified atom stereocenters. The lowest BCUT2D eigenvalue weighted by atomic mass is 9.65. The Hall–Kier alpha value is -0.580. The molecule has 0 spiro atoms. The fourth-order valence-corrected chi connectivity index (χ4v) is 4.94. The number of carbonyl (C=O) groups is 1. The summed E-state index contributed by atoms with van der Waals surface area (Å²) < 4.78 is 22.9. The van der Waals surface area contributed by atoms with Gasteiger partial charge in [0, 0.05) is 36.5 Å². The van der Waals surface area contributed by atoms with Crippen molar-refractivity contribution in [2.24, 2.45) is 10.4 Å². The lowest BCUT2D eigenvalue weighted by Crippen LogP contribution is -2.72. The van der Waals surface area contributed by atoms with Crippen LogP contribution in [0.15, 0.2) is 4.99 Å². The van der Waals surface area contributed by atoms with Gasteiger partial charge in [-0.2, -0.15) is 0 Å². The van der Waals surface area contributed by atoms with Crippen molar-refractivity contribution in [2.75, 3.05) is 31.1 Å². The number of aliphatic imine (C=N–C) groups is 1. The normalized spacial score (nSPS) is 25.8. The zero-order valence-corrected chi connectivity index (χ0v) is 19.6. The Bertz CT molecular complexity index is 646. The molecule has 0 aliphatic carbocycles. The topological polar surface area (TPSA) is 90.9 Å². The molecule has 1 amide bonds. The highest BCUT2D eigenvalue weighted by Gasteiger charge is 2.53. The van der Waals surface area contributed by atoms with Crippen LogP contribution in [0.2, 0.25) is 0 Å². The van der Waals surface area contributed by atoms with Gasteiger partial charge in [0.2, 0.25) is 5.91 Å². The number of nitrogens with zero attached hydrogens (tertiary/aromatic N) is 2. The minimum atomic E-state index is -2.97. The Morgan fingerprint density at radius 1 is 1.27 bits per heavy atom. The van der Waals surface area contributed by atoms with Gasteiger partial charge in [-0.3, -0.25) is 9.79 Å². The predicted octanol–water partition coefficient (Wildman–Crippen LogP) is 1.38. The summed E-state index contributed by atoms with van der Waals surface area (Å²) in [5.41, 5.74) is 0.225. The molecule has 2 heterocycles. The third-order valence-corrected chi connectivity index (χ3v) is 7.44. The minimum Gasteiger partial charge on any atom is -0.356 e. The van der Waals surface area contributed by atoms with Crippen LogP contribution in [-0.4, -0.2) is 67.9 Å². The SMILES string of the molecule is CCNC(=NCCC(=O)NC1CCS(=O)(=O)C1)N1CC(C)(C)C1(C)C.I. The average Bonchev–Trinajstić information content (AvgIpc) is 2.83. The number of hydrogen-bond donors (Lipinski definition) is 2. The number of guanidine groups is 1. The average molecular weight is 500 g/mol. The zero-order valence-electron chi connectivity index (χ0n) is 16.5. The summed E-state index contributed by atoms with van der Waals surface area (Å²) in [6, 6.07) is -0.246. The van der Waals surface area contributed by atoms with Gasteiger partial charge in [-0.25, -0.2) is 8.42 Å². The molecule has 7 nitrogen and oxygen atoms in total. The van der Waals surface area contributed by atoms with E-state index in [0.717, 1.165) is 19.0 Å². The second kappa shape index (κ2) is 8.62. The van der Waals surface area contributed by atoms with Crippen molar-refractivity contribution in [1.82, 2.24) is 15.5 Å². The maximum atomic E-state index is 12.0. The first-order valence-electron chi connectivity index (χ1n) is 9.04. The van der Waals surface area contributed by atoms with Gasteiger partial charge in [-0.1, -0.05) is 13.8 Å². The molecule has 2 N–H and O–H groups in total. The molecule has 0 aromatic heterocycles.